The normalized spacial score (nSPS) is 14.0. The Morgan fingerprint density at radius 2 is 2.13 bits per heavy atom. The van der Waals surface area contributed by atoms with Crippen LogP contribution in [0.5, 0.6) is 0 Å². The highest BCUT2D eigenvalue weighted by Crippen LogP contribution is 2.39. The molecule has 1 aliphatic rings. The molecule has 6 heteroatoms. The Morgan fingerprint density at radius 1 is 1.22 bits per heavy atom. The van der Waals surface area contributed by atoms with Crippen LogP contribution in [0, 0.1) is 6.92 Å². The SMILES string of the molecule is Cc1nccc(-c2cccc(NCc3nnc(C4CC4)o3)c2)n1. The first-order valence-electron chi connectivity index (χ1n) is 7.74. The van der Waals surface area contributed by atoms with Gasteiger partial charge >= 0.3 is 0 Å². The number of nitrogens with zero attached hydrogens (tertiary/aromatic N) is 4. The Balaban J connectivity index is 1.47. The second-order valence-corrected chi connectivity index (χ2v) is 5.73. The maximum absolute atomic E-state index is 5.65. The zero-order valence-electron chi connectivity index (χ0n) is 12.9. The van der Waals surface area contributed by atoms with Crippen LogP contribution < -0.4 is 5.32 Å². The van der Waals surface area contributed by atoms with Crippen LogP contribution in [0.25, 0.3) is 11.3 Å². The van der Waals surface area contributed by atoms with Crippen LogP contribution in [0.1, 0.15) is 36.4 Å². The molecule has 0 bridgehead atoms. The van der Waals surface area contributed by atoms with E-state index in [1.807, 2.05) is 31.2 Å². The third kappa shape index (κ3) is 3.21. The van der Waals surface area contributed by atoms with Gasteiger partial charge in [0.1, 0.15) is 5.82 Å². The van der Waals surface area contributed by atoms with Gasteiger partial charge in [-0.15, -0.1) is 10.2 Å². The summed E-state index contributed by atoms with van der Waals surface area (Å²) < 4.78 is 5.65. The molecule has 2 heterocycles. The molecule has 1 aliphatic carbocycles. The summed E-state index contributed by atoms with van der Waals surface area (Å²) in [6, 6.07) is 10.0. The zero-order valence-corrected chi connectivity index (χ0v) is 12.9. The largest absolute Gasteiger partial charge is 0.423 e. The molecule has 0 unspecified atom stereocenters. The summed E-state index contributed by atoms with van der Waals surface area (Å²) in [5, 5.41) is 11.5. The van der Waals surface area contributed by atoms with Crippen molar-refractivity contribution in [3.63, 3.8) is 0 Å². The molecule has 1 fully saturated rings. The van der Waals surface area contributed by atoms with Gasteiger partial charge in [-0.05, 0) is 38.0 Å². The van der Waals surface area contributed by atoms with E-state index in [1.165, 1.54) is 0 Å². The van der Waals surface area contributed by atoms with Crippen molar-refractivity contribution in [2.45, 2.75) is 32.2 Å². The lowest BCUT2D eigenvalue weighted by Gasteiger charge is -2.06. The third-order valence-electron chi connectivity index (χ3n) is 3.79. The fraction of sp³-hybridized carbons (Fsp3) is 0.294. The molecule has 23 heavy (non-hydrogen) atoms. The lowest BCUT2D eigenvalue weighted by molar-refractivity contribution is 0.457. The van der Waals surface area contributed by atoms with Gasteiger partial charge in [-0.3, -0.25) is 0 Å². The predicted molar refractivity (Wildman–Crippen MR) is 85.8 cm³/mol. The molecule has 0 amide bonds. The minimum atomic E-state index is 0.487. The van der Waals surface area contributed by atoms with Crippen molar-refractivity contribution in [2.24, 2.45) is 0 Å². The summed E-state index contributed by atoms with van der Waals surface area (Å²) in [6.07, 6.45) is 4.10. The van der Waals surface area contributed by atoms with Crippen LogP contribution >= 0.6 is 0 Å². The summed E-state index contributed by atoms with van der Waals surface area (Å²) in [5.74, 6) is 2.64. The Kier molecular flexibility index (Phi) is 3.49. The van der Waals surface area contributed by atoms with Crippen LogP contribution in [0.3, 0.4) is 0 Å². The molecule has 1 saturated carbocycles. The van der Waals surface area contributed by atoms with E-state index in [4.69, 9.17) is 4.42 Å². The standard InChI is InChI=1S/C17H17N5O/c1-11-18-8-7-15(20-11)13-3-2-4-14(9-13)19-10-16-21-22-17(23-16)12-5-6-12/h2-4,7-9,12,19H,5-6,10H2,1H3. The third-order valence-corrected chi connectivity index (χ3v) is 3.79. The van der Waals surface area contributed by atoms with E-state index in [2.05, 4.69) is 31.5 Å². The van der Waals surface area contributed by atoms with Gasteiger partial charge in [-0.2, -0.15) is 0 Å². The van der Waals surface area contributed by atoms with Gasteiger partial charge in [0, 0.05) is 23.4 Å². The molecule has 4 rings (SSSR count). The summed E-state index contributed by atoms with van der Waals surface area (Å²) in [5.41, 5.74) is 2.95. The lowest BCUT2D eigenvalue weighted by atomic mass is 10.1. The van der Waals surface area contributed by atoms with Crippen molar-refractivity contribution in [3.8, 4) is 11.3 Å². The average Bonchev–Trinajstić information content (AvgIpc) is 3.32. The molecule has 3 aromatic rings. The minimum Gasteiger partial charge on any atom is -0.423 e. The van der Waals surface area contributed by atoms with Crippen molar-refractivity contribution in [3.05, 3.63) is 54.1 Å². The Hall–Kier alpha value is -2.76. The molecule has 0 saturated heterocycles. The van der Waals surface area contributed by atoms with Crippen LogP contribution in [-0.4, -0.2) is 20.2 Å². The highest BCUT2D eigenvalue weighted by atomic mass is 16.4. The van der Waals surface area contributed by atoms with E-state index in [0.29, 0.717) is 18.4 Å². The second kappa shape index (κ2) is 5.79. The number of hydrogen-bond donors (Lipinski definition) is 1. The van der Waals surface area contributed by atoms with E-state index >= 15 is 0 Å². The van der Waals surface area contributed by atoms with E-state index in [1.54, 1.807) is 6.20 Å². The van der Waals surface area contributed by atoms with Gasteiger partial charge in [0.25, 0.3) is 0 Å². The van der Waals surface area contributed by atoms with Gasteiger partial charge in [0.2, 0.25) is 11.8 Å². The highest BCUT2D eigenvalue weighted by Gasteiger charge is 2.29. The number of nitrogens with one attached hydrogen (secondary N) is 1. The fourth-order valence-electron chi connectivity index (χ4n) is 2.42. The monoisotopic (exact) mass is 307 g/mol. The van der Waals surface area contributed by atoms with E-state index < -0.39 is 0 Å². The Morgan fingerprint density at radius 3 is 2.96 bits per heavy atom. The van der Waals surface area contributed by atoms with Gasteiger partial charge in [-0.1, -0.05) is 12.1 Å². The Bertz CT molecular complexity index is 825. The van der Waals surface area contributed by atoms with Crippen molar-refractivity contribution in [1.82, 2.24) is 20.2 Å². The molecule has 2 aromatic heterocycles. The van der Waals surface area contributed by atoms with Gasteiger partial charge < -0.3 is 9.73 Å². The maximum atomic E-state index is 5.65. The van der Waals surface area contributed by atoms with Gasteiger partial charge in [0.15, 0.2) is 0 Å². The summed E-state index contributed by atoms with van der Waals surface area (Å²) in [4.78, 5) is 8.58. The van der Waals surface area contributed by atoms with Gasteiger partial charge in [0.05, 0.1) is 12.2 Å². The summed E-state index contributed by atoms with van der Waals surface area (Å²) in [6.45, 7) is 2.41. The van der Waals surface area contributed by atoms with Crippen molar-refractivity contribution >= 4 is 5.69 Å². The number of aromatic nitrogens is 4. The fourth-order valence-corrected chi connectivity index (χ4v) is 2.42. The molecule has 1 aromatic carbocycles. The van der Waals surface area contributed by atoms with Gasteiger partial charge in [-0.25, -0.2) is 9.97 Å². The molecule has 116 valence electrons. The number of hydrogen-bond acceptors (Lipinski definition) is 6. The maximum Gasteiger partial charge on any atom is 0.235 e. The number of aryl methyl sites for hydroxylation is 1. The molecule has 0 radical (unpaired) electrons. The molecular formula is C17H17N5O. The van der Waals surface area contributed by atoms with E-state index in [9.17, 15) is 0 Å². The molecule has 0 atom stereocenters. The predicted octanol–water partition coefficient (Wildman–Crippen LogP) is 3.32. The Labute approximate surface area is 134 Å². The van der Waals surface area contributed by atoms with Crippen LogP contribution in [0.4, 0.5) is 5.69 Å². The number of benzene rings is 1. The molecular weight excluding hydrogens is 290 g/mol. The zero-order chi connectivity index (χ0) is 15.6. The lowest BCUT2D eigenvalue weighted by Crippen LogP contribution is -2.00. The molecule has 1 N–H and O–H groups in total. The summed E-state index contributed by atoms with van der Waals surface area (Å²) >= 11 is 0. The first-order chi connectivity index (χ1) is 11.3. The van der Waals surface area contributed by atoms with Crippen molar-refractivity contribution in [1.29, 1.82) is 0 Å². The van der Waals surface area contributed by atoms with Crippen molar-refractivity contribution < 1.29 is 4.42 Å². The summed E-state index contributed by atoms with van der Waals surface area (Å²) in [7, 11) is 0. The topological polar surface area (TPSA) is 76.7 Å². The van der Waals surface area contributed by atoms with Crippen LogP contribution in [0.15, 0.2) is 40.9 Å². The highest BCUT2D eigenvalue weighted by molar-refractivity contribution is 5.64. The minimum absolute atomic E-state index is 0.487. The molecule has 6 nitrogen and oxygen atoms in total. The number of rotatable bonds is 5. The quantitative estimate of drug-likeness (QED) is 0.779. The van der Waals surface area contributed by atoms with E-state index in [-0.39, 0.29) is 0 Å². The molecule has 0 aliphatic heterocycles. The molecule has 0 spiro atoms. The smallest absolute Gasteiger partial charge is 0.235 e. The average molecular weight is 307 g/mol. The first-order valence-corrected chi connectivity index (χ1v) is 7.74. The van der Waals surface area contributed by atoms with Crippen LogP contribution in [0.2, 0.25) is 0 Å². The van der Waals surface area contributed by atoms with Crippen molar-refractivity contribution in [2.75, 3.05) is 5.32 Å². The second-order valence-electron chi connectivity index (χ2n) is 5.73. The van der Waals surface area contributed by atoms with E-state index in [0.717, 1.165) is 41.5 Å². The van der Waals surface area contributed by atoms with Crippen LogP contribution in [-0.2, 0) is 6.54 Å². The first kappa shape index (κ1) is 13.9. The number of anilines is 1.